The Morgan fingerprint density at radius 1 is 1.37 bits per heavy atom. The Bertz CT molecular complexity index is 632. The summed E-state index contributed by atoms with van der Waals surface area (Å²) in [5.74, 6) is -0.631. The molecule has 0 saturated heterocycles. The summed E-state index contributed by atoms with van der Waals surface area (Å²) in [6.45, 7) is 1.84. The van der Waals surface area contributed by atoms with E-state index in [9.17, 15) is 9.00 Å². The van der Waals surface area contributed by atoms with Crippen LogP contribution in [0.2, 0.25) is 5.02 Å². The Hall–Kier alpha value is -1.17. The molecule has 1 aromatic heterocycles. The SMILES string of the molecule is Cc1sc(C(=O)O)cc1CS(=O)c1ccc(Cl)cc1. The van der Waals surface area contributed by atoms with Crippen LogP contribution in [0, 0.1) is 6.92 Å². The number of hydrogen-bond acceptors (Lipinski definition) is 3. The number of aryl methyl sites for hydroxylation is 1. The molecule has 100 valence electrons. The van der Waals surface area contributed by atoms with Gasteiger partial charge in [0.05, 0.1) is 16.6 Å². The predicted octanol–water partition coefficient (Wildman–Crippen LogP) is 3.72. The van der Waals surface area contributed by atoms with Gasteiger partial charge in [0.1, 0.15) is 4.88 Å². The average molecular weight is 315 g/mol. The summed E-state index contributed by atoms with van der Waals surface area (Å²) in [6, 6.07) is 8.42. The van der Waals surface area contributed by atoms with Crippen LogP contribution in [0.5, 0.6) is 0 Å². The predicted molar refractivity (Wildman–Crippen MR) is 77.6 cm³/mol. The largest absolute Gasteiger partial charge is 0.477 e. The van der Waals surface area contributed by atoms with Crippen molar-refractivity contribution in [2.45, 2.75) is 17.6 Å². The molecule has 2 aromatic rings. The highest BCUT2D eigenvalue weighted by molar-refractivity contribution is 7.84. The lowest BCUT2D eigenvalue weighted by atomic mass is 10.3. The molecule has 1 atom stereocenters. The van der Waals surface area contributed by atoms with Crippen molar-refractivity contribution in [3.05, 3.63) is 50.7 Å². The molecule has 0 aliphatic carbocycles. The number of rotatable bonds is 4. The first-order chi connectivity index (χ1) is 8.97. The summed E-state index contributed by atoms with van der Waals surface area (Å²) in [5.41, 5.74) is 0.815. The molecular weight excluding hydrogens is 304 g/mol. The molecule has 2 rings (SSSR count). The van der Waals surface area contributed by atoms with Crippen LogP contribution in [-0.2, 0) is 16.6 Å². The molecule has 0 fully saturated rings. The second kappa shape index (κ2) is 5.86. The van der Waals surface area contributed by atoms with Crippen LogP contribution >= 0.6 is 22.9 Å². The molecule has 0 aliphatic heterocycles. The van der Waals surface area contributed by atoms with Crippen molar-refractivity contribution in [3.8, 4) is 0 Å². The Morgan fingerprint density at radius 2 is 2.00 bits per heavy atom. The molecule has 0 spiro atoms. The van der Waals surface area contributed by atoms with Gasteiger partial charge < -0.3 is 5.11 Å². The van der Waals surface area contributed by atoms with Gasteiger partial charge in [0.15, 0.2) is 0 Å². The number of carboxylic acids is 1. The van der Waals surface area contributed by atoms with Crippen molar-refractivity contribution >= 4 is 39.7 Å². The monoisotopic (exact) mass is 314 g/mol. The summed E-state index contributed by atoms with van der Waals surface area (Å²) in [5, 5.41) is 9.52. The maximum Gasteiger partial charge on any atom is 0.345 e. The van der Waals surface area contributed by atoms with Gasteiger partial charge in [-0.05, 0) is 42.8 Å². The molecule has 1 heterocycles. The van der Waals surface area contributed by atoms with Crippen LogP contribution in [0.25, 0.3) is 0 Å². The molecule has 0 saturated carbocycles. The van der Waals surface area contributed by atoms with Gasteiger partial charge in [-0.25, -0.2) is 4.79 Å². The first kappa shape index (κ1) is 14.2. The van der Waals surface area contributed by atoms with E-state index < -0.39 is 16.8 Å². The van der Waals surface area contributed by atoms with Gasteiger partial charge in [0.25, 0.3) is 0 Å². The number of hydrogen-bond donors (Lipinski definition) is 1. The van der Waals surface area contributed by atoms with Crippen molar-refractivity contribution < 1.29 is 14.1 Å². The number of carbonyl (C=O) groups is 1. The minimum atomic E-state index is -1.20. The van der Waals surface area contributed by atoms with Crippen LogP contribution in [0.3, 0.4) is 0 Å². The van der Waals surface area contributed by atoms with E-state index >= 15 is 0 Å². The third-order valence-electron chi connectivity index (χ3n) is 2.59. The summed E-state index contributed by atoms with van der Waals surface area (Å²) < 4.78 is 12.2. The maximum atomic E-state index is 12.2. The van der Waals surface area contributed by atoms with Crippen LogP contribution in [0.1, 0.15) is 20.1 Å². The minimum absolute atomic E-state index is 0.278. The molecule has 0 amide bonds. The van der Waals surface area contributed by atoms with Gasteiger partial charge in [0.2, 0.25) is 0 Å². The third-order valence-corrected chi connectivity index (χ3v) is 5.30. The number of thiophene rings is 1. The van der Waals surface area contributed by atoms with Gasteiger partial charge in [-0.15, -0.1) is 11.3 Å². The highest BCUT2D eigenvalue weighted by Gasteiger charge is 2.14. The van der Waals surface area contributed by atoms with Gasteiger partial charge in [-0.3, -0.25) is 4.21 Å². The van der Waals surface area contributed by atoms with Gasteiger partial charge in [-0.1, -0.05) is 11.6 Å². The van der Waals surface area contributed by atoms with Crippen molar-refractivity contribution in [2.75, 3.05) is 0 Å². The van der Waals surface area contributed by atoms with Gasteiger partial charge in [0, 0.05) is 14.8 Å². The van der Waals surface area contributed by atoms with E-state index in [1.165, 1.54) is 11.3 Å². The number of carboxylic acid groups (broad SMARTS) is 1. The quantitative estimate of drug-likeness (QED) is 0.935. The third kappa shape index (κ3) is 3.43. The Morgan fingerprint density at radius 3 is 2.53 bits per heavy atom. The van der Waals surface area contributed by atoms with Crippen molar-refractivity contribution in [1.29, 1.82) is 0 Å². The van der Waals surface area contributed by atoms with Gasteiger partial charge >= 0.3 is 5.97 Å². The fourth-order valence-electron chi connectivity index (χ4n) is 1.58. The lowest BCUT2D eigenvalue weighted by Crippen LogP contribution is -1.97. The Balaban J connectivity index is 2.19. The molecule has 0 radical (unpaired) electrons. The summed E-state index contributed by atoms with van der Waals surface area (Å²) >= 11 is 6.98. The molecule has 1 unspecified atom stereocenters. The van der Waals surface area contributed by atoms with Crippen LogP contribution in [0.4, 0.5) is 0 Å². The smallest absolute Gasteiger partial charge is 0.345 e. The lowest BCUT2D eigenvalue weighted by Gasteiger charge is -2.02. The topological polar surface area (TPSA) is 54.4 Å². The molecule has 1 aromatic carbocycles. The number of halogens is 1. The highest BCUT2D eigenvalue weighted by Crippen LogP contribution is 2.24. The number of aromatic carboxylic acids is 1. The summed E-state index contributed by atoms with van der Waals surface area (Å²) in [4.78, 5) is 12.7. The summed E-state index contributed by atoms with van der Waals surface area (Å²) in [6.07, 6.45) is 0. The first-order valence-electron chi connectivity index (χ1n) is 5.44. The zero-order chi connectivity index (χ0) is 14.0. The van der Waals surface area contributed by atoms with E-state index in [1.807, 2.05) is 6.92 Å². The molecule has 0 bridgehead atoms. The van der Waals surface area contributed by atoms with Crippen LogP contribution < -0.4 is 0 Å². The van der Waals surface area contributed by atoms with E-state index in [1.54, 1.807) is 30.3 Å². The summed E-state index contributed by atoms with van der Waals surface area (Å²) in [7, 11) is -1.20. The second-order valence-corrected chi connectivity index (χ2v) is 7.08. The molecule has 19 heavy (non-hydrogen) atoms. The lowest BCUT2D eigenvalue weighted by molar-refractivity contribution is 0.0702. The fourth-order valence-corrected chi connectivity index (χ4v) is 3.87. The average Bonchev–Trinajstić information content (AvgIpc) is 2.72. The van der Waals surface area contributed by atoms with E-state index in [-0.39, 0.29) is 4.88 Å². The zero-order valence-corrected chi connectivity index (χ0v) is 12.4. The van der Waals surface area contributed by atoms with E-state index in [0.29, 0.717) is 15.7 Å². The van der Waals surface area contributed by atoms with Crippen molar-refractivity contribution in [1.82, 2.24) is 0 Å². The van der Waals surface area contributed by atoms with Gasteiger partial charge in [-0.2, -0.15) is 0 Å². The molecular formula is C13H11ClO3S2. The standard InChI is InChI=1S/C13H11ClO3S2/c1-8-9(6-12(18-8)13(15)16)7-19(17)11-4-2-10(14)3-5-11/h2-6H,7H2,1H3,(H,15,16). The van der Waals surface area contributed by atoms with E-state index in [0.717, 1.165) is 10.4 Å². The molecule has 6 heteroatoms. The molecule has 1 N–H and O–H groups in total. The van der Waals surface area contributed by atoms with E-state index in [4.69, 9.17) is 16.7 Å². The van der Waals surface area contributed by atoms with Crippen LogP contribution in [0.15, 0.2) is 35.2 Å². The Kier molecular flexibility index (Phi) is 4.39. The number of benzene rings is 1. The Labute approximate surface area is 122 Å². The second-order valence-electron chi connectivity index (χ2n) is 3.94. The minimum Gasteiger partial charge on any atom is -0.477 e. The highest BCUT2D eigenvalue weighted by atomic mass is 35.5. The first-order valence-corrected chi connectivity index (χ1v) is 7.95. The normalized spacial score (nSPS) is 12.3. The fraction of sp³-hybridized carbons (Fsp3) is 0.154. The van der Waals surface area contributed by atoms with Crippen LogP contribution in [-0.4, -0.2) is 15.3 Å². The molecule has 0 aliphatic rings. The molecule has 3 nitrogen and oxygen atoms in total. The zero-order valence-electron chi connectivity index (χ0n) is 10.1. The maximum absolute atomic E-state index is 12.2. The van der Waals surface area contributed by atoms with Crippen molar-refractivity contribution in [3.63, 3.8) is 0 Å². The van der Waals surface area contributed by atoms with Crippen molar-refractivity contribution in [2.24, 2.45) is 0 Å². The van der Waals surface area contributed by atoms with E-state index in [2.05, 4.69) is 0 Å².